The van der Waals surface area contributed by atoms with Crippen LogP contribution in [-0.4, -0.2) is 24.1 Å². The van der Waals surface area contributed by atoms with Gasteiger partial charge in [0.2, 0.25) is 0 Å². The monoisotopic (exact) mass is 354 g/mol. The Labute approximate surface area is 154 Å². The van der Waals surface area contributed by atoms with Crippen LogP contribution >= 0.6 is 0 Å². The van der Waals surface area contributed by atoms with Crippen molar-refractivity contribution in [1.82, 2.24) is 0 Å². The molecule has 25 heavy (non-hydrogen) atoms. The highest BCUT2D eigenvalue weighted by atomic mass is 16.6. The SMILES string of the molecule is CCCCCCC=CCOC(=O)CCCCCCC(=O)OC(C)(C)C. The molecule has 0 bridgehead atoms. The number of rotatable bonds is 14. The van der Waals surface area contributed by atoms with Gasteiger partial charge in [-0.3, -0.25) is 9.59 Å². The molecular formula is C21H38O4. The van der Waals surface area contributed by atoms with Gasteiger partial charge in [0.1, 0.15) is 12.2 Å². The van der Waals surface area contributed by atoms with Crippen LogP contribution in [-0.2, 0) is 19.1 Å². The molecule has 0 aliphatic heterocycles. The van der Waals surface area contributed by atoms with Crippen molar-refractivity contribution >= 4 is 11.9 Å². The van der Waals surface area contributed by atoms with Crippen molar-refractivity contribution in [3.63, 3.8) is 0 Å². The molecule has 0 N–H and O–H groups in total. The molecule has 0 radical (unpaired) electrons. The highest BCUT2D eigenvalue weighted by Crippen LogP contribution is 2.12. The minimum atomic E-state index is -0.412. The highest BCUT2D eigenvalue weighted by Gasteiger charge is 2.15. The van der Waals surface area contributed by atoms with Gasteiger partial charge in [0.05, 0.1) is 0 Å². The second-order valence-corrected chi connectivity index (χ2v) is 7.50. The van der Waals surface area contributed by atoms with E-state index in [0.29, 0.717) is 19.4 Å². The normalized spacial score (nSPS) is 11.7. The third-order valence-corrected chi connectivity index (χ3v) is 3.66. The number of esters is 2. The Morgan fingerprint density at radius 3 is 2.00 bits per heavy atom. The van der Waals surface area contributed by atoms with Crippen LogP contribution in [0.25, 0.3) is 0 Å². The minimum Gasteiger partial charge on any atom is -0.461 e. The van der Waals surface area contributed by atoms with E-state index in [1.165, 1.54) is 25.7 Å². The van der Waals surface area contributed by atoms with Crippen LogP contribution in [0.4, 0.5) is 0 Å². The molecule has 0 unspecified atom stereocenters. The van der Waals surface area contributed by atoms with Crippen molar-refractivity contribution < 1.29 is 19.1 Å². The summed E-state index contributed by atoms with van der Waals surface area (Å²) in [6.45, 7) is 8.20. The van der Waals surface area contributed by atoms with Crippen LogP contribution in [0.15, 0.2) is 12.2 Å². The third kappa shape index (κ3) is 18.9. The van der Waals surface area contributed by atoms with E-state index in [-0.39, 0.29) is 11.9 Å². The Hall–Kier alpha value is -1.32. The Morgan fingerprint density at radius 1 is 0.800 bits per heavy atom. The molecule has 0 amide bonds. The van der Waals surface area contributed by atoms with Crippen LogP contribution in [0.1, 0.15) is 98.3 Å². The summed E-state index contributed by atoms with van der Waals surface area (Å²) in [4.78, 5) is 23.1. The first kappa shape index (κ1) is 23.7. The zero-order valence-electron chi connectivity index (χ0n) is 16.8. The van der Waals surface area contributed by atoms with Gasteiger partial charge >= 0.3 is 11.9 Å². The average molecular weight is 355 g/mol. The predicted molar refractivity (Wildman–Crippen MR) is 102 cm³/mol. The fourth-order valence-corrected chi connectivity index (χ4v) is 2.37. The summed E-state index contributed by atoms with van der Waals surface area (Å²) in [7, 11) is 0. The maximum Gasteiger partial charge on any atom is 0.306 e. The van der Waals surface area contributed by atoms with Gasteiger partial charge in [-0.05, 0) is 46.5 Å². The maximum atomic E-state index is 11.6. The first-order valence-electron chi connectivity index (χ1n) is 9.87. The summed E-state index contributed by atoms with van der Waals surface area (Å²) in [6.07, 6.45) is 14.5. The second-order valence-electron chi connectivity index (χ2n) is 7.50. The minimum absolute atomic E-state index is 0.136. The van der Waals surface area contributed by atoms with Crippen molar-refractivity contribution in [2.75, 3.05) is 6.61 Å². The van der Waals surface area contributed by atoms with E-state index in [0.717, 1.165) is 32.1 Å². The smallest absolute Gasteiger partial charge is 0.306 e. The zero-order valence-corrected chi connectivity index (χ0v) is 16.8. The van der Waals surface area contributed by atoms with E-state index in [4.69, 9.17) is 9.47 Å². The number of hydrogen-bond donors (Lipinski definition) is 0. The molecule has 0 aromatic rings. The van der Waals surface area contributed by atoms with E-state index in [9.17, 15) is 9.59 Å². The fraction of sp³-hybridized carbons (Fsp3) is 0.810. The van der Waals surface area contributed by atoms with Gasteiger partial charge in [0.15, 0.2) is 0 Å². The Kier molecular flexibility index (Phi) is 14.2. The van der Waals surface area contributed by atoms with Gasteiger partial charge in [-0.2, -0.15) is 0 Å². The molecule has 0 aromatic carbocycles. The van der Waals surface area contributed by atoms with Crippen molar-refractivity contribution in [2.45, 2.75) is 104 Å². The Balaban J connectivity index is 3.44. The zero-order chi connectivity index (χ0) is 19.0. The number of allylic oxidation sites excluding steroid dienone is 1. The lowest BCUT2D eigenvalue weighted by molar-refractivity contribution is -0.155. The summed E-state index contributed by atoms with van der Waals surface area (Å²) < 4.78 is 10.4. The van der Waals surface area contributed by atoms with E-state index >= 15 is 0 Å². The third-order valence-electron chi connectivity index (χ3n) is 3.66. The molecule has 146 valence electrons. The van der Waals surface area contributed by atoms with Gasteiger partial charge in [0, 0.05) is 12.8 Å². The summed E-state index contributed by atoms with van der Waals surface area (Å²) in [5, 5.41) is 0. The van der Waals surface area contributed by atoms with Crippen molar-refractivity contribution in [3.8, 4) is 0 Å². The highest BCUT2D eigenvalue weighted by molar-refractivity contribution is 5.70. The van der Waals surface area contributed by atoms with Gasteiger partial charge < -0.3 is 9.47 Å². The van der Waals surface area contributed by atoms with E-state index in [1.807, 2.05) is 26.8 Å². The standard InChI is InChI=1S/C21H38O4/c1-5-6-7-8-9-12-15-18-24-19(22)16-13-10-11-14-17-20(23)25-21(2,3)4/h12,15H,5-11,13-14,16-18H2,1-4H3. The first-order chi connectivity index (χ1) is 11.8. The molecule has 0 heterocycles. The van der Waals surface area contributed by atoms with Crippen LogP contribution in [0.3, 0.4) is 0 Å². The van der Waals surface area contributed by atoms with E-state index in [1.54, 1.807) is 0 Å². The Bertz CT molecular complexity index is 380. The molecule has 0 rings (SSSR count). The molecular weight excluding hydrogens is 316 g/mol. The molecule has 0 aliphatic rings. The van der Waals surface area contributed by atoms with Crippen molar-refractivity contribution in [3.05, 3.63) is 12.2 Å². The molecule has 4 nitrogen and oxygen atoms in total. The number of hydrogen-bond acceptors (Lipinski definition) is 4. The van der Waals surface area contributed by atoms with E-state index in [2.05, 4.69) is 13.0 Å². The molecule has 0 spiro atoms. The Morgan fingerprint density at radius 2 is 1.40 bits per heavy atom. The number of carbonyl (C=O) groups is 2. The van der Waals surface area contributed by atoms with Crippen molar-refractivity contribution in [2.24, 2.45) is 0 Å². The van der Waals surface area contributed by atoms with E-state index < -0.39 is 5.60 Å². The molecule has 0 fully saturated rings. The summed E-state index contributed by atoms with van der Waals surface area (Å²) in [5.74, 6) is -0.281. The molecule has 0 aliphatic carbocycles. The largest absolute Gasteiger partial charge is 0.461 e. The summed E-state index contributed by atoms with van der Waals surface area (Å²) >= 11 is 0. The van der Waals surface area contributed by atoms with Crippen molar-refractivity contribution in [1.29, 1.82) is 0 Å². The topological polar surface area (TPSA) is 52.6 Å². The molecule has 0 saturated carbocycles. The molecule has 4 heteroatoms. The first-order valence-corrected chi connectivity index (χ1v) is 9.87. The number of unbranched alkanes of at least 4 members (excludes halogenated alkanes) is 7. The van der Waals surface area contributed by atoms with Gasteiger partial charge in [-0.25, -0.2) is 0 Å². The van der Waals surface area contributed by atoms with Crippen LogP contribution in [0, 0.1) is 0 Å². The number of ether oxygens (including phenoxy) is 2. The summed E-state index contributed by atoms with van der Waals surface area (Å²) in [5.41, 5.74) is -0.412. The molecule has 0 aromatic heterocycles. The molecule has 0 atom stereocenters. The molecule has 0 saturated heterocycles. The van der Waals surface area contributed by atoms with Crippen LogP contribution < -0.4 is 0 Å². The summed E-state index contributed by atoms with van der Waals surface area (Å²) in [6, 6.07) is 0. The average Bonchev–Trinajstić information content (AvgIpc) is 2.51. The predicted octanol–water partition coefficient (Wildman–Crippen LogP) is 5.74. The lowest BCUT2D eigenvalue weighted by Crippen LogP contribution is -2.23. The maximum absolute atomic E-state index is 11.6. The lowest BCUT2D eigenvalue weighted by atomic mass is 10.1. The van der Waals surface area contributed by atoms with Crippen LogP contribution in [0.5, 0.6) is 0 Å². The van der Waals surface area contributed by atoms with Gasteiger partial charge in [0.25, 0.3) is 0 Å². The number of carbonyl (C=O) groups excluding carboxylic acids is 2. The quantitative estimate of drug-likeness (QED) is 0.227. The second kappa shape index (κ2) is 15.0. The fourth-order valence-electron chi connectivity index (χ4n) is 2.37. The lowest BCUT2D eigenvalue weighted by Gasteiger charge is -2.19. The van der Waals surface area contributed by atoms with Crippen LogP contribution in [0.2, 0.25) is 0 Å². The van der Waals surface area contributed by atoms with Gasteiger partial charge in [-0.15, -0.1) is 0 Å². The van der Waals surface area contributed by atoms with Gasteiger partial charge in [-0.1, -0.05) is 51.2 Å².